The molecule has 78 valence electrons. The second kappa shape index (κ2) is 4.06. The van der Waals surface area contributed by atoms with E-state index in [1.54, 1.807) is 0 Å². The number of hydrogen-bond acceptors (Lipinski definition) is 2. The molecule has 0 aliphatic rings. The summed E-state index contributed by atoms with van der Waals surface area (Å²) in [4.78, 5) is 0. The molecule has 0 aromatic heterocycles. The number of alkyl halides is 3. The minimum absolute atomic E-state index is 0.106. The second-order valence-corrected chi connectivity index (χ2v) is 2.98. The van der Waals surface area contributed by atoms with Crippen molar-refractivity contribution in [2.24, 2.45) is 5.73 Å². The molecule has 2 nitrogen and oxygen atoms in total. The van der Waals surface area contributed by atoms with E-state index >= 15 is 0 Å². The summed E-state index contributed by atoms with van der Waals surface area (Å²) in [6.07, 6.45) is -4.71. The van der Waals surface area contributed by atoms with E-state index in [1.807, 2.05) is 0 Å². The predicted molar refractivity (Wildman–Crippen MR) is 46.0 cm³/mol. The highest BCUT2D eigenvalue weighted by Gasteiger charge is 2.31. The van der Waals surface area contributed by atoms with E-state index < -0.39 is 6.36 Å². The number of ether oxygens (including phenoxy) is 1. The number of hydrogen-bond donors (Lipinski definition) is 1. The van der Waals surface area contributed by atoms with Crippen molar-refractivity contribution >= 4 is 11.6 Å². The molecule has 1 rings (SSSR count). The summed E-state index contributed by atoms with van der Waals surface area (Å²) < 4.78 is 39.1. The molecule has 0 spiro atoms. The van der Waals surface area contributed by atoms with Gasteiger partial charge in [0.15, 0.2) is 0 Å². The summed E-state index contributed by atoms with van der Waals surface area (Å²) in [5, 5.41) is 0.159. The highest BCUT2D eigenvalue weighted by Crippen LogP contribution is 2.26. The number of nitrogens with two attached hydrogens (primary N) is 1. The normalized spacial score (nSPS) is 11.5. The fourth-order valence-corrected chi connectivity index (χ4v) is 1.18. The third-order valence-corrected chi connectivity index (χ3v) is 1.62. The zero-order chi connectivity index (χ0) is 10.8. The van der Waals surface area contributed by atoms with Gasteiger partial charge in [-0.05, 0) is 23.8 Å². The van der Waals surface area contributed by atoms with Gasteiger partial charge in [-0.25, -0.2) is 0 Å². The van der Waals surface area contributed by atoms with Gasteiger partial charge in [0, 0.05) is 11.6 Å². The Morgan fingerprint density at radius 2 is 1.93 bits per heavy atom. The average Bonchev–Trinajstić information content (AvgIpc) is 1.99. The molecule has 1 aromatic carbocycles. The molecule has 0 saturated heterocycles. The van der Waals surface area contributed by atoms with E-state index in [0.29, 0.717) is 5.56 Å². The lowest BCUT2D eigenvalue weighted by Crippen LogP contribution is -2.17. The Labute approximate surface area is 83.4 Å². The Balaban J connectivity index is 2.92. The van der Waals surface area contributed by atoms with E-state index in [0.717, 1.165) is 6.07 Å². The van der Waals surface area contributed by atoms with Gasteiger partial charge in [0.1, 0.15) is 5.75 Å². The van der Waals surface area contributed by atoms with Gasteiger partial charge in [-0.2, -0.15) is 0 Å². The molecule has 6 heteroatoms. The lowest BCUT2D eigenvalue weighted by molar-refractivity contribution is -0.274. The van der Waals surface area contributed by atoms with Gasteiger partial charge >= 0.3 is 6.36 Å². The fraction of sp³-hybridized carbons (Fsp3) is 0.250. The van der Waals surface area contributed by atoms with Crippen molar-refractivity contribution in [1.29, 1.82) is 0 Å². The van der Waals surface area contributed by atoms with Crippen molar-refractivity contribution in [1.82, 2.24) is 0 Å². The Morgan fingerprint density at radius 3 is 2.43 bits per heavy atom. The van der Waals surface area contributed by atoms with Crippen molar-refractivity contribution in [3.63, 3.8) is 0 Å². The van der Waals surface area contributed by atoms with E-state index in [-0.39, 0.29) is 17.3 Å². The second-order valence-electron chi connectivity index (χ2n) is 2.55. The minimum Gasteiger partial charge on any atom is -0.406 e. The summed E-state index contributed by atoms with van der Waals surface area (Å²) in [5.74, 6) is -0.356. The highest BCUT2D eigenvalue weighted by atomic mass is 35.5. The van der Waals surface area contributed by atoms with Gasteiger partial charge in [0.2, 0.25) is 0 Å². The molecule has 1 aromatic rings. The van der Waals surface area contributed by atoms with Gasteiger partial charge in [-0.15, -0.1) is 13.2 Å². The molecule has 0 aliphatic heterocycles. The first-order valence-corrected chi connectivity index (χ1v) is 4.04. The van der Waals surface area contributed by atoms with Gasteiger partial charge < -0.3 is 10.5 Å². The highest BCUT2D eigenvalue weighted by molar-refractivity contribution is 6.30. The summed E-state index contributed by atoms with van der Waals surface area (Å²) >= 11 is 5.55. The van der Waals surface area contributed by atoms with Gasteiger partial charge in [-0.3, -0.25) is 0 Å². The predicted octanol–water partition coefficient (Wildman–Crippen LogP) is 2.70. The smallest absolute Gasteiger partial charge is 0.406 e. The van der Waals surface area contributed by atoms with Crippen LogP contribution in [0.5, 0.6) is 5.75 Å². The van der Waals surface area contributed by atoms with E-state index in [4.69, 9.17) is 17.3 Å². The Hall–Kier alpha value is -0.940. The van der Waals surface area contributed by atoms with Crippen LogP contribution in [0.3, 0.4) is 0 Å². The largest absolute Gasteiger partial charge is 0.573 e. The van der Waals surface area contributed by atoms with Crippen LogP contribution in [-0.4, -0.2) is 6.36 Å². The molecule has 0 bridgehead atoms. The van der Waals surface area contributed by atoms with Crippen LogP contribution in [0.15, 0.2) is 18.2 Å². The van der Waals surface area contributed by atoms with Gasteiger partial charge in [0.25, 0.3) is 0 Å². The SMILES string of the molecule is NCc1cc(Cl)cc(OC(F)(F)F)c1. The first kappa shape index (κ1) is 11.1. The van der Waals surface area contributed by atoms with Gasteiger partial charge in [-0.1, -0.05) is 11.6 Å². The summed E-state index contributed by atoms with van der Waals surface area (Å²) in [6.45, 7) is 0.106. The third-order valence-electron chi connectivity index (χ3n) is 1.40. The zero-order valence-corrected chi connectivity index (χ0v) is 7.69. The van der Waals surface area contributed by atoms with Crippen molar-refractivity contribution in [3.05, 3.63) is 28.8 Å². The lowest BCUT2D eigenvalue weighted by atomic mass is 10.2. The summed E-state index contributed by atoms with van der Waals surface area (Å²) in [6, 6.07) is 3.75. The van der Waals surface area contributed by atoms with Crippen LogP contribution in [0.2, 0.25) is 5.02 Å². The topological polar surface area (TPSA) is 35.2 Å². The molecule has 0 atom stereocenters. The molecular formula is C8H7ClF3NO. The molecule has 0 radical (unpaired) electrons. The quantitative estimate of drug-likeness (QED) is 0.840. The first-order valence-electron chi connectivity index (χ1n) is 3.66. The van der Waals surface area contributed by atoms with Crippen LogP contribution in [0.1, 0.15) is 5.56 Å². The van der Waals surface area contributed by atoms with Crippen LogP contribution in [0.4, 0.5) is 13.2 Å². The van der Waals surface area contributed by atoms with Crippen LogP contribution >= 0.6 is 11.6 Å². The van der Waals surface area contributed by atoms with Gasteiger partial charge in [0.05, 0.1) is 0 Å². The number of halogens is 4. The molecule has 2 N–H and O–H groups in total. The summed E-state index contributed by atoms with van der Waals surface area (Å²) in [5.41, 5.74) is 5.74. The lowest BCUT2D eigenvalue weighted by Gasteiger charge is -2.10. The Morgan fingerprint density at radius 1 is 1.29 bits per heavy atom. The zero-order valence-electron chi connectivity index (χ0n) is 6.94. The van der Waals surface area contributed by atoms with Crippen LogP contribution < -0.4 is 10.5 Å². The standard InChI is InChI=1S/C8H7ClF3NO/c9-6-1-5(4-13)2-7(3-6)14-8(10,11)12/h1-3H,4,13H2. The molecule has 0 unspecified atom stereocenters. The first-order chi connectivity index (χ1) is 6.40. The van der Waals surface area contributed by atoms with Crippen LogP contribution in [-0.2, 0) is 6.54 Å². The molecule has 0 amide bonds. The average molecular weight is 226 g/mol. The van der Waals surface area contributed by atoms with E-state index in [1.165, 1.54) is 12.1 Å². The van der Waals surface area contributed by atoms with Crippen molar-refractivity contribution in [2.45, 2.75) is 12.9 Å². The van der Waals surface area contributed by atoms with Crippen LogP contribution in [0.25, 0.3) is 0 Å². The molecule has 0 fully saturated rings. The van der Waals surface area contributed by atoms with E-state index in [9.17, 15) is 13.2 Å². The minimum atomic E-state index is -4.71. The van der Waals surface area contributed by atoms with Crippen molar-refractivity contribution in [3.8, 4) is 5.75 Å². The van der Waals surface area contributed by atoms with E-state index in [2.05, 4.69) is 4.74 Å². The third kappa shape index (κ3) is 3.43. The number of benzene rings is 1. The van der Waals surface area contributed by atoms with Crippen molar-refractivity contribution in [2.75, 3.05) is 0 Å². The van der Waals surface area contributed by atoms with Crippen LogP contribution in [0, 0.1) is 0 Å². The maximum atomic E-state index is 11.8. The maximum Gasteiger partial charge on any atom is 0.573 e. The Bertz CT molecular complexity index is 327. The number of rotatable bonds is 2. The molecule has 0 saturated carbocycles. The monoisotopic (exact) mass is 225 g/mol. The van der Waals surface area contributed by atoms with Crippen molar-refractivity contribution < 1.29 is 17.9 Å². The fourth-order valence-electron chi connectivity index (χ4n) is 0.931. The molecule has 0 heterocycles. The molecular weight excluding hydrogens is 219 g/mol. The maximum absolute atomic E-state index is 11.8. The Kier molecular flexibility index (Phi) is 3.23. The molecule has 0 aliphatic carbocycles. The molecule has 14 heavy (non-hydrogen) atoms. The summed E-state index contributed by atoms with van der Waals surface area (Å²) in [7, 11) is 0.